The molecule has 2 aromatic rings. The van der Waals surface area contributed by atoms with Gasteiger partial charge in [0.05, 0.1) is 36.1 Å². The summed E-state index contributed by atoms with van der Waals surface area (Å²) >= 11 is 0. The normalized spacial score (nSPS) is 20.7. The van der Waals surface area contributed by atoms with Crippen molar-refractivity contribution in [1.29, 1.82) is 5.26 Å². The van der Waals surface area contributed by atoms with E-state index in [1.54, 1.807) is 10.9 Å². The highest BCUT2D eigenvalue weighted by Crippen LogP contribution is 2.40. The standard InChI is InChI=1S/C23H25N5O2/c1-4-16(7-6-15(3)27-14-19(10-11-24)25-26-27)17-8-9-20-18(12-17)13-21-22(5-2)30-23(29)28(20)21/h6-9,12,14,21-22H,4-5,10,13H2,1-3H3. The van der Waals surface area contributed by atoms with Crippen LogP contribution in [-0.4, -0.2) is 33.2 Å². The molecule has 2 aliphatic rings. The summed E-state index contributed by atoms with van der Waals surface area (Å²) in [6.07, 6.45) is 8.42. The van der Waals surface area contributed by atoms with E-state index in [0.717, 1.165) is 36.2 Å². The van der Waals surface area contributed by atoms with E-state index in [-0.39, 0.29) is 24.7 Å². The maximum atomic E-state index is 12.3. The van der Waals surface area contributed by atoms with Crippen molar-refractivity contribution < 1.29 is 9.53 Å². The number of carbonyl (C=O) groups excluding carboxylic acids is 1. The Morgan fingerprint density at radius 3 is 2.93 bits per heavy atom. The zero-order valence-electron chi connectivity index (χ0n) is 17.5. The molecule has 0 saturated carbocycles. The second-order valence-corrected chi connectivity index (χ2v) is 7.66. The average Bonchev–Trinajstić information content (AvgIpc) is 3.43. The van der Waals surface area contributed by atoms with Crippen molar-refractivity contribution in [3.8, 4) is 6.07 Å². The van der Waals surface area contributed by atoms with Crippen molar-refractivity contribution >= 4 is 23.1 Å². The van der Waals surface area contributed by atoms with Gasteiger partial charge in [0.1, 0.15) is 6.10 Å². The van der Waals surface area contributed by atoms with Crippen molar-refractivity contribution in [3.05, 3.63) is 53.4 Å². The van der Waals surface area contributed by atoms with Gasteiger partial charge in [-0.2, -0.15) is 5.26 Å². The van der Waals surface area contributed by atoms with E-state index in [0.29, 0.717) is 5.69 Å². The van der Waals surface area contributed by atoms with Gasteiger partial charge < -0.3 is 4.74 Å². The zero-order valence-corrected chi connectivity index (χ0v) is 17.5. The number of benzene rings is 1. The lowest BCUT2D eigenvalue weighted by molar-refractivity contribution is 0.129. The molecule has 1 saturated heterocycles. The van der Waals surface area contributed by atoms with Crippen LogP contribution in [0.25, 0.3) is 11.3 Å². The molecule has 2 unspecified atom stereocenters. The van der Waals surface area contributed by atoms with Gasteiger partial charge in [-0.3, -0.25) is 4.90 Å². The minimum atomic E-state index is -0.230. The molecule has 30 heavy (non-hydrogen) atoms. The van der Waals surface area contributed by atoms with Gasteiger partial charge in [-0.05, 0) is 61.1 Å². The number of anilines is 1. The highest BCUT2D eigenvalue weighted by atomic mass is 16.6. The van der Waals surface area contributed by atoms with Gasteiger partial charge in [0, 0.05) is 5.70 Å². The number of hydrogen-bond acceptors (Lipinski definition) is 5. The van der Waals surface area contributed by atoms with Crippen LogP contribution >= 0.6 is 0 Å². The number of nitriles is 1. The number of ether oxygens (including phenoxy) is 1. The van der Waals surface area contributed by atoms with E-state index >= 15 is 0 Å². The minimum absolute atomic E-state index is 0.0336. The maximum absolute atomic E-state index is 12.3. The molecule has 0 N–H and O–H groups in total. The molecule has 4 rings (SSSR count). The smallest absolute Gasteiger partial charge is 0.415 e. The van der Waals surface area contributed by atoms with Gasteiger partial charge in [0.15, 0.2) is 0 Å². The molecule has 0 aliphatic carbocycles. The molecule has 2 atom stereocenters. The van der Waals surface area contributed by atoms with E-state index in [2.05, 4.69) is 48.4 Å². The van der Waals surface area contributed by atoms with Crippen LogP contribution < -0.4 is 4.90 Å². The molecule has 1 amide bonds. The van der Waals surface area contributed by atoms with Crippen LogP contribution in [0.5, 0.6) is 0 Å². The van der Waals surface area contributed by atoms with Gasteiger partial charge in [-0.15, -0.1) is 5.10 Å². The number of fused-ring (bicyclic) bond motifs is 3. The molecule has 1 aromatic carbocycles. The predicted molar refractivity (Wildman–Crippen MR) is 115 cm³/mol. The van der Waals surface area contributed by atoms with Crippen LogP contribution in [-0.2, 0) is 17.6 Å². The number of hydrogen-bond donors (Lipinski definition) is 0. The molecule has 1 aromatic heterocycles. The molecule has 154 valence electrons. The number of nitrogens with zero attached hydrogens (tertiary/aromatic N) is 5. The van der Waals surface area contributed by atoms with Crippen molar-refractivity contribution in [1.82, 2.24) is 15.0 Å². The van der Waals surface area contributed by atoms with E-state index in [1.165, 1.54) is 11.1 Å². The summed E-state index contributed by atoms with van der Waals surface area (Å²) in [7, 11) is 0. The Hall–Kier alpha value is -3.40. The lowest BCUT2D eigenvalue weighted by Crippen LogP contribution is -2.32. The van der Waals surface area contributed by atoms with Crippen LogP contribution in [0.4, 0.5) is 10.5 Å². The van der Waals surface area contributed by atoms with E-state index < -0.39 is 0 Å². The fraction of sp³-hybridized carbons (Fsp3) is 0.391. The van der Waals surface area contributed by atoms with Gasteiger partial charge in [-0.1, -0.05) is 31.2 Å². The Morgan fingerprint density at radius 2 is 2.20 bits per heavy atom. The molecular formula is C23H25N5O2. The van der Waals surface area contributed by atoms with Crippen molar-refractivity contribution in [2.75, 3.05) is 4.90 Å². The molecule has 0 spiro atoms. The first-order valence-corrected chi connectivity index (χ1v) is 10.3. The Balaban J connectivity index is 1.58. The first-order valence-electron chi connectivity index (χ1n) is 10.3. The Kier molecular flexibility index (Phi) is 5.40. The Morgan fingerprint density at radius 1 is 1.37 bits per heavy atom. The summed E-state index contributed by atoms with van der Waals surface area (Å²) < 4.78 is 7.18. The second-order valence-electron chi connectivity index (χ2n) is 7.66. The minimum Gasteiger partial charge on any atom is -0.444 e. The van der Waals surface area contributed by atoms with Crippen LogP contribution in [0.3, 0.4) is 0 Å². The third-order valence-corrected chi connectivity index (χ3v) is 5.82. The molecule has 0 radical (unpaired) electrons. The Labute approximate surface area is 176 Å². The highest BCUT2D eigenvalue weighted by molar-refractivity contribution is 5.94. The number of rotatable bonds is 6. The number of cyclic esters (lactones) is 1. The third kappa shape index (κ3) is 3.50. The number of carbonyl (C=O) groups is 1. The predicted octanol–water partition coefficient (Wildman–Crippen LogP) is 4.36. The fourth-order valence-electron chi connectivity index (χ4n) is 4.18. The summed E-state index contributed by atoms with van der Waals surface area (Å²) in [5.74, 6) is 0. The zero-order chi connectivity index (χ0) is 21.3. The molecule has 3 heterocycles. The quantitative estimate of drug-likeness (QED) is 0.669. The van der Waals surface area contributed by atoms with Gasteiger partial charge >= 0.3 is 6.09 Å². The summed E-state index contributed by atoms with van der Waals surface area (Å²) in [5, 5.41) is 16.9. The summed E-state index contributed by atoms with van der Waals surface area (Å²) in [6, 6.07) is 8.51. The van der Waals surface area contributed by atoms with Crippen LogP contribution in [0.15, 0.2) is 36.5 Å². The SMILES string of the molecule is CCC(=CC=C(C)n1cc(CC#N)nn1)c1ccc2c(c1)CC1C(CC)OC(=O)N21. The Bertz CT molecular complexity index is 1080. The number of aromatic nitrogens is 3. The van der Waals surface area contributed by atoms with Crippen LogP contribution in [0.2, 0.25) is 0 Å². The molecule has 7 nitrogen and oxygen atoms in total. The topological polar surface area (TPSA) is 84.0 Å². The monoisotopic (exact) mass is 403 g/mol. The van der Waals surface area contributed by atoms with E-state index in [4.69, 9.17) is 10.00 Å². The summed E-state index contributed by atoms with van der Waals surface area (Å²) in [4.78, 5) is 14.1. The molecule has 7 heteroatoms. The molecule has 1 fully saturated rings. The van der Waals surface area contributed by atoms with Gasteiger partial charge in [0.2, 0.25) is 0 Å². The van der Waals surface area contributed by atoms with Crippen molar-refractivity contribution in [3.63, 3.8) is 0 Å². The third-order valence-electron chi connectivity index (χ3n) is 5.82. The van der Waals surface area contributed by atoms with Crippen LogP contribution in [0.1, 0.15) is 50.4 Å². The molecule has 0 bridgehead atoms. The van der Waals surface area contributed by atoms with E-state index in [1.807, 2.05) is 24.0 Å². The first-order chi connectivity index (χ1) is 14.5. The first kappa shape index (κ1) is 19.9. The molecular weight excluding hydrogens is 378 g/mol. The maximum Gasteiger partial charge on any atom is 0.415 e. The fourth-order valence-corrected chi connectivity index (χ4v) is 4.18. The van der Waals surface area contributed by atoms with Crippen molar-refractivity contribution in [2.24, 2.45) is 0 Å². The largest absolute Gasteiger partial charge is 0.444 e. The number of amides is 1. The average molecular weight is 403 g/mol. The summed E-state index contributed by atoms with van der Waals surface area (Å²) in [6.45, 7) is 6.15. The second kappa shape index (κ2) is 8.15. The van der Waals surface area contributed by atoms with E-state index in [9.17, 15) is 4.79 Å². The lowest BCUT2D eigenvalue weighted by Gasteiger charge is -2.15. The van der Waals surface area contributed by atoms with Gasteiger partial charge in [-0.25, -0.2) is 9.48 Å². The number of allylic oxidation sites excluding steroid dienone is 4. The van der Waals surface area contributed by atoms with Gasteiger partial charge in [0.25, 0.3) is 0 Å². The summed E-state index contributed by atoms with van der Waals surface area (Å²) in [5.41, 5.74) is 6.12. The molecule has 2 aliphatic heterocycles. The highest BCUT2D eigenvalue weighted by Gasteiger charge is 2.46. The van der Waals surface area contributed by atoms with Crippen LogP contribution in [0, 0.1) is 11.3 Å². The van der Waals surface area contributed by atoms with Crippen molar-refractivity contribution in [2.45, 2.75) is 58.6 Å². The lowest BCUT2D eigenvalue weighted by atomic mass is 9.98.